The highest BCUT2D eigenvalue weighted by molar-refractivity contribution is 6.30. The fourth-order valence-corrected chi connectivity index (χ4v) is 2.58. The summed E-state index contributed by atoms with van der Waals surface area (Å²) in [4.78, 5) is 4.49. The van der Waals surface area contributed by atoms with Gasteiger partial charge in [0, 0.05) is 10.6 Å². The number of aromatic amines is 1. The molecule has 3 aromatic rings. The summed E-state index contributed by atoms with van der Waals surface area (Å²) in [5, 5.41) is 7.80. The molecule has 130 valence electrons. The van der Waals surface area contributed by atoms with Crippen LogP contribution in [0.15, 0.2) is 42.5 Å². The SMILES string of the molecule is CCOc1ccc([C@@H](N)c2nc(-c3ccc(Cl)cc3)n[nH]2)cc1OC. The minimum atomic E-state index is -0.460. The highest BCUT2D eigenvalue weighted by atomic mass is 35.5. The van der Waals surface area contributed by atoms with Crippen molar-refractivity contribution in [3.05, 3.63) is 58.9 Å². The summed E-state index contributed by atoms with van der Waals surface area (Å²) in [7, 11) is 1.60. The fraction of sp³-hybridized carbons (Fsp3) is 0.222. The molecule has 1 atom stereocenters. The number of halogens is 1. The predicted molar refractivity (Wildman–Crippen MR) is 97.0 cm³/mol. The third kappa shape index (κ3) is 3.75. The van der Waals surface area contributed by atoms with Gasteiger partial charge in [-0.15, -0.1) is 0 Å². The summed E-state index contributed by atoms with van der Waals surface area (Å²) < 4.78 is 10.9. The van der Waals surface area contributed by atoms with Crippen molar-refractivity contribution in [1.29, 1.82) is 0 Å². The van der Waals surface area contributed by atoms with E-state index in [0.29, 0.717) is 34.8 Å². The van der Waals surface area contributed by atoms with Crippen molar-refractivity contribution in [1.82, 2.24) is 15.2 Å². The summed E-state index contributed by atoms with van der Waals surface area (Å²) in [5.41, 5.74) is 8.04. The van der Waals surface area contributed by atoms with Gasteiger partial charge in [-0.2, -0.15) is 5.10 Å². The molecule has 0 unspecified atom stereocenters. The molecule has 6 nitrogen and oxygen atoms in total. The van der Waals surface area contributed by atoms with E-state index in [2.05, 4.69) is 15.2 Å². The molecular weight excluding hydrogens is 340 g/mol. The quantitative estimate of drug-likeness (QED) is 0.703. The number of benzene rings is 2. The van der Waals surface area contributed by atoms with Crippen molar-refractivity contribution >= 4 is 11.6 Å². The summed E-state index contributed by atoms with van der Waals surface area (Å²) in [5.74, 6) is 2.45. The maximum Gasteiger partial charge on any atom is 0.181 e. The zero-order valence-corrected chi connectivity index (χ0v) is 14.7. The van der Waals surface area contributed by atoms with E-state index in [4.69, 9.17) is 26.8 Å². The molecule has 0 saturated heterocycles. The molecule has 0 radical (unpaired) electrons. The molecule has 7 heteroatoms. The lowest BCUT2D eigenvalue weighted by molar-refractivity contribution is 0.310. The molecule has 2 aromatic carbocycles. The Hall–Kier alpha value is -2.57. The average Bonchev–Trinajstić information content (AvgIpc) is 3.12. The molecule has 0 saturated carbocycles. The van der Waals surface area contributed by atoms with Gasteiger partial charge in [0.25, 0.3) is 0 Å². The van der Waals surface area contributed by atoms with E-state index in [9.17, 15) is 0 Å². The van der Waals surface area contributed by atoms with E-state index < -0.39 is 6.04 Å². The average molecular weight is 359 g/mol. The van der Waals surface area contributed by atoms with Gasteiger partial charge in [-0.1, -0.05) is 17.7 Å². The van der Waals surface area contributed by atoms with E-state index in [1.807, 2.05) is 37.3 Å². The third-order valence-corrected chi connectivity index (χ3v) is 4.00. The van der Waals surface area contributed by atoms with E-state index >= 15 is 0 Å². The second-order valence-corrected chi connectivity index (χ2v) is 5.81. The maximum atomic E-state index is 6.33. The fourth-order valence-electron chi connectivity index (χ4n) is 2.45. The minimum absolute atomic E-state index is 0.460. The van der Waals surface area contributed by atoms with Crippen LogP contribution in [0.2, 0.25) is 5.02 Å². The molecule has 0 aliphatic heterocycles. The van der Waals surface area contributed by atoms with Crippen LogP contribution in [0.1, 0.15) is 24.4 Å². The number of ether oxygens (including phenoxy) is 2. The van der Waals surface area contributed by atoms with E-state index in [1.165, 1.54) is 0 Å². The van der Waals surface area contributed by atoms with Crippen molar-refractivity contribution < 1.29 is 9.47 Å². The first-order chi connectivity index (χ1) is 12.1. The van der Waals surface area contributed by atoms with Gasteiger partial charge in [0.05, 0.1) is 19.8 Å². The zero-order valence-electron chi connectivity index (χ0n) is 14.0. The molecule has 0 amide bonds. The van der Waals surface area contributed by atoms with Crippen LogP contribution in [-0.4, -0.2) is 28.9 Å². The Morgan fingerprint density at radius 2 is 1.92 bits per heavy atom. The Kier molecular flexibility index (Phi) is 5.21. The van der Waals surface area contributed by atoms with E-state index in [0.717, 1.165) is 11.1 Å². The van der Waals surface area contributed by atoms with Gasteiger partial charge in [-0.3, -0.25) is 5.10 Å². The molecular formula is C18H19ClN4O2. The minimum Gasteiger partial charge on any atom is -0.493 e. The monoisotopic (exact) mass is 358 g/mol. The van der Waals surface area contributed by atoms with E-state index in [-0.39, 0.29) is 0 Å². The Morgan fingerprint density at radius 1 is 1.16 bits per heavy atom. The van der Waals surface area contributed by atoms with Crippen LogP contribution in [0.25, 0.3) is 11.4 Å². The largest absolute Gasteiger partial charge is 0.493 e. The predicted octanol–water partition coefficient (Wildman–Crippen LogP) is 3.58. The normalized spacial score (nSPS) is 12.0. The van der Waals surface area contributed by atoms with Crippen molar-refractivity contribution in [2.45, 2.75) is 13.0 Å². The lowest BCUT2D eigenvalue weighted by Gasteiger charge is -2.13. The Morgan fingerprint density at radius 3 is 2.60 bits per heavy atom. The molecule has 3 rings (SSSR count). The molecule has 1 heterocycles. The molecule has 1 aromatic heterocycles. The van der Waals surface area contributed by atoms with Gasteiger partial charge >= 0.3 is 0 Å². The first-order valence-electron chi connectivity index (χ1n) is 7.87. The van der Waals surface area contributed by atoms with Crippen molar-refractivity contribution in [2.24, 2.45) is 5.73 Å². The maximum absolute atomic E-state index is 6.33. The number of hydrogen-bond donors (Lipinski definition) is 2. The molecule has 0 spiro atoms. The van der Waals surface area contributed by atoms with Crippen LogP contribution in [0.3, 0.4) is 0 Å². The van der Waals surface area contributed by atoms with Gasteiger partial charge in [-0.05, 0) is 48.9 Å². The first-order valence-corrected chi connectivity index (χ1v) is 8.24. The number of nitrogens with one attached hydrogen (secondary N) is 1. The van der Waals surface area contributed by atoms with Gasteiger partial charge in [0.2, 0.25) is 0 Å². The van der Waals surface area contributed by atoms with Crippen LogP contribution < -0.4 is 15.2 Å². The van der Waals surface area contributed by atoms with Crippen LogP contribution >= 0.6 is 11.6 Å². The van der Waals surface area contributed by atoms with Crippen molar-refractivity contribution in [2.75, 3.05) is 13.7 Å². The van der Waals surface area contributed by atoms with Crippen LogP contribution in [0, 0.1) is 0 Å². The number of aromatic nitrogens is 3. The second kappa shape index (κ2) is 7.55. The Bertz CT molecular complexity index is 849. The Balaban J connectivity index is 1.86. The summed E-state index contributed by atoms with van der Waals surface area (Å²) in [6.45, 7) is 2.49. The lowest BCUT2D eigenvalue weighted by atomic mass is 10.1. The first kappa shape index (κ1) is 17.3. The topological polar surface area (TPSA) is 86.0 Å². The number of H-pyrrole nitrogens is 1. The number of methoxy groups -OCH3 is 1. The van der Waals surface area contributed by atoms with Gasteiger partial charge in [0.1, 0.15) is 5.82 Å². The summed E-state index contributed by atoms with van der Waals surface area (Å²) >= 11 is 5.91. The molecule has 0 aliphatic carbocycles. The second-order valence-electron chi connectivity index (χ2n) is 5.37. The lowest BCUT2D eigenvalue weighted by Crippen LogP contribution is -2.14. The zero-order chi connectivity index (χ0) is 17.8. The molecule has 25 heavy (non-hydrogen) atoms. The number of hydrogen-bond acceptors (Lipinski definition) is 5. The number of rotatable bonds is 6. The molecule has 0 bridgehead atoms. The van der Waals surface area contributed by atoms with Gasteiger partial charge < -0.3 is 15.2 Å². The molecule has 0 aliphatic rings. The summed E-state index contributed by atoms with van der Waals surface area (Å²) in [6, 6.07) is 12.4. The van der Waals surface area contributed by atoms with Crippen LogP contribution in [-0.2, 0) is 0 Å². The smallest absolute Gasteiger partial charge is 0.181 e. The molecule has 3 N–H and O–H groups in total. The number of nitrogens with zero attached hydrogens (tertiary/aromatic N) is 2. The summed E-state index contributed by atoms with van der Waals surface area (Å²) in [6.07, 6.45) is 0. The van der Waals surface area contributed by atoms with Crippen LogP contribution in [0.4, 0.5) is 0 Å². The van der Waals surface area contributed by atoms with Crippen molar-refractivity contribution in [3.63, 3.8) is 0 Å². The number of nitrogens with two attached hydrogens (primary N) is 1. The van der Waals surface area contributed by atoms with Crippen LogP contribution in [0.5, 0.6) is 11.5 Å². The Labute approximate surface area is 150 Å². The standard InChI is InChI=1S/C18H19ClN4O2/c1-3-25-14-9-6-12(10-15(14)24-2)16(20)18-21-17(22-23-18)11-4-7-13(19)8-5-11/h4-10,16H,3,20H2,1-2H3,(H,21,22,23)/t16-/m1/s1. The molecule has 0 fully saturated rings. The van der Waals surface area contributed by atoms with Crippen molar-refractivity contribution in [3.8, 4) is 22.9 Å². The van der Waals surface area contributed by atoms with Gasteiger partial charge in [-0.25, -0.2) is 4.98 Å². The van der Waals surface area contributed by atoms with Gasteiger partial charge in [0.15, 0.2) is 17.3 Å². The highest BCUT2D eigenvalue weighted by Crippen LogP contribution is 2.31. The third-order valence-electron chi connectivity index (χ3n) is 3.75. The highest BCUT2D eigenvalue weighted by Gasteiger charge is 2.17. The van der Waals surface area contributed by atoms with E-state index in [1.54, 1.807) is 19.2 Å².